The van der Waals surface area contributed by atoms with Gasteiger partial charge in [-0.1, -0.05) is 19.3 Å². The van der Waals surface area contributed by atoms with Gasteiger partial charge in [-0.05, 0) is 24.8 Å². The summed E-state index contributed by atoms with van der Waals surface area (Å²) in [5.41, 5.74) is 0.0810. The Morgan fingerprint density at radius 2 is 1.53 bits per heavy atom. The third-order valence-corrected chi connectivity index (χ3v) is 3.99. The highest BCUT2D eigenvalue weighted by molar-refractivity contribution is 6.21. The lowest BCUT2D eigenvalue weighted by Crippen LogP contribution is -2.13. The minimum Gasteiger partial charge on any atom is -0.207 e. The standard InChI is InChI=1S/C13H14ClF3/c14-13(8-4-2-1-3-5-8)9-6-11(16)12(17)7-10(9)15/h6-8,13H,1-5H2. The molecule has 17 heavy (non-hydrogen) atoms. The van der Waals surface area contributed by atoms with Crippen LogP contribution in [0.3, 0.4) is 0 Å². The molecule has 0 aliphatic heterocycles. The molecule has 0 saturated heterocycles. The normalized spacial score (nSPS) is 19.3. The van der Waals surface area contributed by atoms with Crippen molar-refractivity contribution in [2.75, 3.05) is 0 Å². The fourth-order valence-corrected chi connectivity index (χ4v) is 2.85. The summed E-state index contributed by atoms with van der Waals surface area (Å²) < 4.78 is 39.4. The van der Waals surface area contributed by atoms with E-state index in [1.807, 2.05) is 0 Å². The summed E-state index contributed by atoms with van der Waals surface area (Å²) in [6.45, 7) is 0. The molecule has 1 aromatic carbocycles. The van der Waals surface area contributed by atoms with Gasteiger partial charge in [0.2, 0.25) is 0 Å². The molecule has 0 bridgehead atoms. The predicted octanol–water partition coefficient (Wildman–Crippen LogP) is 4.96. The van der Waals surface area contributed by atoms with Crippen LogP contribution in [-0.2, 0) is 0 Å². The molecule has 94 valence electrons. The Hall–Kier alpha value is -0.700. The van der Waals surface area contributed by atoms with Crippen LogP contribution in [0.5, 0.6) is 0 Å². The first kappa shape index (κ1) is 12.7. The lowest BCUT2D eigenvalue weighted by atomic mass is 9.84. The number of hydrogen-bond donors (Lipinski definition) is 0. The molecule has 0 amide bonds. The van der Waals surface area contributed by atoms with Gasteiger partial charge in [-0.2, -0.15) is 0 Å². The van der Waals surface area contributed by atoms with Gasteiger partial charge in [0.25, 0.3) is 0 Å². The maximum Gasteiger partial charge on any atom is 0.161 e. The maximum atomic E-state index is 13.5. The first-order chi connectivity index (χ1) is 8.09. The molecule has 0 aromatic heterocycles. The Kier molecular flexibility index (Phi) is 3.97. The number of rotatable bonds is 2. The van der Waals surface area contributed by atoms with Gasteiger partial charge in [0.05, 0.1) is 5.38 Å². The van der Waals surface area contributed by atoms with Gasteiger partial charge in [0.15, 0.2) is 11.6 Å². The van der Waals surface area contributed by atoms with Crippen molar-refractivity contribution in [1.82, 2.24) is 0 Å². The number of hydrogen-bond acceptors (Lipinski definition) is 0. The Balaban J connectivity index is 2.23. The van der Waals surface area contributed by atoms with Crippen LogP contribution < -0.4 is 0 Å². The highest BCUT2D eigenvalue weighted by atomic mass is 35.5. The van der Waals surface area contributed by atoms with Crippen LogP contribution in [-0.4, -0.2) is 0 Å². The van der Waals surface area contributed by atoms with Crippen LogP contribution in [0, 0.1) is 23.4 Å². The summed E-state index contributed by atoms with van der Waals surface area (Å²) in [6.07, 6.45) is 5.15. The van der Waals surface area contributed by atoms with Crippen molar-refractivity contribution in [1.29, 1.82) is 0 Å². The summed E-state index contributed by atoms with van der Waals surface area (Å²) in [6, 6.07) is 1.46. The molecule has 1 aromatic rings. The molecule has 0 nitrogen and oxygen atoms in total. The van der Waals surface area contributed by atoms with Crippen molar-refractivity contribution in [3.05, 3.63) is 35.1 Å². The van der Waals surface area contributed by atoms with E-state index in [9.17, 15) is 13.2 Å². The summed E-state index contributed by atoms with van der Waals surface area (Å²) in [7, 11) is 0. The molecule has 4 heteroatoms. The molecular weight excluding hydrogens is 249 g/mol. The molecule has 1 unspecified atom stereocenters. The fourth-order valence-electron chi connectivity index (χ4n) is 2.43. The van der Waals surface area contributed by atoms with E-state index >= 15 is 0 Å². The molecule has 1 aliphatic rings. The zero-order chi connectivity index (χ0) is 12.4. The molecule has 1 atom stereocenters. The highest BCUT2D eigenvalue weighted by Gasteiger charge is 2.26. The first-order valence-corrected chi connectivity index (χ1v) is 6.31. The van der Waals surface area contributed by atoms with Gasteiger partial charge >= 0.3 is 0 Å². The first-order valence-electron chi connectivity index (χ1n) is 5.88. The summed E-state index contributed by atoms with van der Waals surface area (Å²) in [4.78, 5) is 0. The third-order valence-electron chi connectivity index (χ3n) is 3.40. The van der Waals surface area contributed by atoms with E-state index in [1.54, 1.807) is 0 Å². The van der Waals surface area contributed by atoms with E-state index in [-0.39, 0.29) is 11.5 Å². The zero-order valence-corrected chi connectivity index (χ0v) is 10.1. The van der Waals surface area contributed by atoms with E-state index in [1.165, 1.54) is 6.42 Å². The molecule has 0 heterocycles. The molecule has 1 fully saturated rings. The van der Waals surface area contributed by atoms with Crippen LogP contribution in [0.25, 0.3) is 0 Å². The van der Waals surface area contributed by atoms with Gasteiger partial charge in [-0.3, -0.25) is 0 Å². The number of alkyl halides is 1. The minimum absolute atomic E-state index is 0.0810. The van der Waals surface area contributed by atoms with Crippen molar-refractivity contribution < 1.29 is 13.2 Å². The largest absolute Gasteiger partial charge is 0.207 e. The van der Waals surface area contributed by atoms with E-state index in [0.717, 1.165) is 31.7 Å². The summed E-state index contributed by atoms with van der Waals surface area (Å²) >= 11 is 6.19. The van der Waals surface area contributed by atoms with Crippen molar-refractivity contribution in [3.8, 4) is 0 Å². The lowest BCUT2D eigenvalue weighted by molar-refractivity contribution is 0.343. The zero-order valence-electron chi connectivity index (χ0n) is 9.36. The SMILES string of the molecule is Fc1cc(F)c(C(Cl)C2CCCCC2)cc1F. The molecule has 1 saturated carbocycles. The summed E-state index contributed by atoms with van der Waals surface area (Å²) in [5.74, 6) is -2.80. The van der Waals surface area contributed by atoms with Gasteiger partial charge in [0, 0.05) is 11.6 Å². The average molecular weight is 263 g/mol. The van der Waals surface area contributed by atoms with E-state index < -0.39 is 22.8 Å². The number of benzene rings is 1. The molecule has 2 rings (SSSR count). The second-order valence-corrected chi connectivity index (χ2v) is 5.06. The molecular formula is C13H14ClF3. The van der Waals surface area contributed by atoms with Crippen molar-refractivity contribution in [2.24, 2.45) is 5.92 Å². The lowest BCUT2D eigenvalue weighted by Gasteiger charge is -2.26. The predicted molar refractivity (Wildman–Crippen MR) is 61.5 cm³/mol. The average Bonchev–Trinajstić information content (AvgIpc) is 2.34. The molecule has 0 N–H and O–H groups in total. The number of halogens is 4. The third kappa shape index (κ3) is 2.76. The maximum absolute atomic E-state index is 13.5. The van der Waals surface area contributed by atoms with E-state index in [4.69, 9.17) is 11.6 Å². The smallest absolute Gasteiger partial charge is 0.161 e. The van der Waals surface area contributed by atoms with Crippen LogP contribution in [0.15, 0.2) is 12.1 Å². The van der Waals surface area contributed by atoms with Crippen LogP contribution in [0.1, 0.15) is 43.0 Å². The van der Waals surface area contributed by atoms with E-state index in [2.05, 4.69) is 0 Å². The topological polar surface area (TPSA) is 0 Å². The van der Waals surface area contributed by atoms with E-state index in [0.29, 0.717) is 6.07 Å². The minimum atomic E-state index is -1.17. The Morgan fingerprint density at radius 1 is 0.941 bits per heavy atom. The fraction of sp³-hybridized carbons (Fsp3) is 0.538. The quantitative estimate of drug-likeness (QED) is 0.522. The Morgan fingerprint density at radius 3 is 2.18 bits per heavy atom. The van der Waals surface area contributed by atoms with Gasteiger partial charge in [0.1, 0.15) is 5.82 Å². The van der Waals surface area contributed by atoms with Gasteiger partial charge < -0.3 is 0 Å². The second kappa shape index (κ2) is 5.30. The Bertz CT molecular complexity index is 400. The van der Waals surface area contributed by atoms with Gasteiger partial charge in [-0.25, -0.2) is 13.2 Å². The molecule has 0 spiro atoms. The van der Waals surface area contributed by atoms with Gasteiger partial charge in [-0.15, -0.1) is 11.6 Å². The monoisotopic (exact) mass is 262 g/mol. The highest BCUT2D eigenvalue weighted by Crippen LogP contribution is 2.39. The summed E-state index contributed by atoms with van der Waals surface area (Å²) in [5, 5.41) is -0.564. The second-order valence-electron chi connectivity index (χ2n) is 4.59. The van der Waals surface area contributed by atoms with Crippen LogP contribution >= 0.6 is 11.6 Å². The van der Waals surface area contributed by atoms with Crippen molar-refractivity contribution >= 4 is 11.6 Å². The molecule has 0 radical (unpaired) electrons. The molecule has 1 aliphatic carbocycles. The van der Waals surface area contributed by atoms with Crippen molar-refractivity contribution in [3.63, 3.8) is 0 Å². The Labute approximate surface area is 104 Å². The van der Waals surface area contributed by atoms with Crippen LogP contribution in [0.4, 0.5) is 13.2 Å². The van der Waals surface area contributed by atoms with Crippen molar-refractivity contribution in [2.45, 2.75) is 37.5 Å². The van der Waals surface area contributed by atoms with Crippen LogP contribution in [0.2, 0.25) is 0 Å².